The van der Waals surface area contributed by atoms with E-state index >= 15 is 0 Å². The van der Waals surface area contributed by atoms with Crippen molar-refractivity contribution in [3.63, 3.8) is 0 Å². The first-order valence-corrected chi connectivity index (χ1v) is 6.26. The molecule has 0 fully saturated rings. The summed E-state index contributed by atoms with van der Waals surface area (Å²) in [4.78, 5) is 0. The number of unbranched alkanes of at least 4 members (excludes halogenated alkanes) is 8. The van der Waals surface area contributed by atoms with Crippen molar-refractivity contribution < 1.29 is 0 Å². The summed E-state index contributed by atoms with van der Waals surface area (Å²) in [7, 11) is 0. The second kappa shape index (κ2) is 12.7. The molecule has 2 radical (unpaired) electrons. The Bertz CT molecular complexity index is 113. The summed E-state index contributed by atoms with van der Waals surface area (Å²) in [5, 5.41) is 0. The van der Waals surface area contributed by atoms with Crippen LogP contribution in [-0.4, -0.2) is 0 Å². The molecule has 0 saturated heterocycles. The fourth-order valence-corrected chi connectivity index (χ4v) is 1.57. The molecule has 0 bridgehead atoms. The molecule has 0 rings (SSSR count). The summed E-state index contributed by atoms with van der Waals surface area (Å²) in [6, 6.07) is 0. The standard InChI is InChI=1S/C14H26/c1-3-5-7-9-11-13-14-12-10-8-6-4-2/h5H,1,3-4,6,8-14H2,2H3. The smallest absolute Gasteiger partial charge is 0.0279 e. The van der Waals surface area contributed by atoms with Crippen LogP contribution in [0.4, 0.5) is 0 Å². The van der Waals surface area contributed by atoms with Crippen LogP contribution in [0.25, 0.3) is 0 Å². The molecule has 0 aliphatic heterocycles. The van der Waals surface area contributed by atoms with Crippen LogP contribution in [0.15, 0.2) is 6.08 Å². The Morgan fingerprint density at radius 2 is 1.50 bits per heavy atom. The molecule has 0 amide bonds. The summed E-state index contributed by atoms with van der Waals surface area (Å²) in [6.45, 7) is 6.01. The number of hydrogen-bond donors (Lipinski definition) is 0. The largest absolute Gasteiger partial charge is 0.0811 e. The highest BCUT2D eigenvalue weighted by Crippen LogP contribution is 2.09. The molecule has 0 nitrogen and oxygen atoms in total. The van der Waals surface area contributed by atoms with Gasteiger partial charge in [0.05, 0.1) is 0 Å². The highest BCUT2D eigenvalue weighted by atomic mass is 14.0. The molecule has 0 aromatic rings. The van der Waals surface area contributed by atoms with E-state index in [2.05, 4.69) is 19.9 Å². The molecular weight excluding hydrogens is 168 g/mol. The van der Waals surface area contributed by atoms with Gasteiger partial charge in [0.25, 0.3) is 0 Å². The van der Waals surface area contributed by atoms with Gasteiger partial charge in [0.15, 0.2) is 0 Å². The van der Waals surface area contributed by atoms with Crippen LogP contribution < -0.4 is 0 Å². The minimum Gasteiger partial charge on any atom is -0.0811 e. The topological polar surface area (TPSA) is 0 Å². The van der Waals surface area contributed by atoms with Crippen molar-refractivity contribution in [3.8, 4) is 0 Å². The molecule has 0 aliphatic carbocycles. The highest BCUT2D eigenvalue weighted by molar-refractivity contribution is 4.74. The zero-order valence-electron chi connectivity index (χ0n) is 9.86. The van der Waals surface area contributed by atoms with E-state index in [1.807, 2.05) is 6.08 Å². The summed E-state index contributed by atoms with van der Waals surface area (Å²) < 4.78 is 0. The van der Waals surface area contributed by atoms with E-state index in [0.717, 1.165) is 12.8 Å². The summed E-state index contributed by atoms with van der Waals surface area (Å²) in [5.41, 5.74) is 0. The van der Waals surface area contributed by atoms with Crippen molar-refractivity contribution in [1.29, 1.82) is 0 Å². The van der Waals surface area contributed by atoms with Gasteiger partial charge in [-0.15, -0.1) is 0 Å². The van der Waals surface area contributed by atoms with Gasteiger partial charge in [-0.3, -0.25) is 0 Å². The van der Waals surface area contributed by atoms with Crippen LogP contribution in [0.2, 0.25) is 0 Å². The molecule has 0 spiro atoms. The Morgan fingerprint density at radius 3 is 2.07 bits per heavy atom. The van der Waals surface area contributed by atoms with Gasteiger partial charge in [0.1, 0.15) is 0 Å². The molecule has 0 aromatic carbocycles. The Balaban J connectivity index is 2.88. The van der Waals surface area contributed by atoms with Crippen LogP contribution >= 0.6 is 0 Å². The van der Waals surface area contributed by atoms with Gasteiger partial charge in [0, 0.05) is 0 Å². The average molecular weight is 194 g/mol. The van der Waals surface area contributed by atoms with E-state index in [4.69, 9.17) is 0 Å². The predicted octanol–water partition coefficient (Wildman–Crippen LogP) is 5.10. The van der Waals surface area contributed by atoms with Gasteiger partial charge in [-0.25, -0.2) is 0 Å². The molecular formula is C14H26. The van der Waals surface area contributed by atoms with Crippen molar-refractivity contribution >= 4 is 0 Å². The Kier molecular flexibility index (Phi) is 12.5. The second-order valence-electron chi connectivity index (χ2n) is 3.92. The van der Waals surface area contributed by atoms with Crippen LogP contribution in [0.5, 0.6) is 0 Å². The van der Waals surface area contributed by atoms with Gasteiger partial charge >= 0.3 is 0 Å². The SMILES string of the molecule is [CH2]C/C=[C]/CCCCCCCCCC. The molecule has 0 unspecified atom stereocenters. The van der Waals surface area contributed by atoms with Crippen molar-refractivity contribution in [2.45, 2.75) is 71.1 Å². The maximum Gasteiger partial charge on any atom is -0.0279 e. The maximum absolute atomic E-state index is 3.74. The van der Waals surface area contributed by atoms with E-state index in [1.54, 1.807) is 0 Å². The third-order valence-corrected chi connectivity index (χ3v) is 2.46. The van der Waals surface area contributed by atoms with E-state index in [9.17, 15) is 0 Å². The molecule has 0 heteroatoms. The van der Waals surface area contributed by atoms with Crippen LogP contribution in [0, 0.1) is 13.0 Å². The summed E-state index contributed by atoms with van der Waals surface area (Å²) in [6.07, 6.45) is 18.5. The van der Waals surface area contributed by atoms with Crippen molar-refractivity contribution in [2.75, 3.05) is 0 Å². The van der Waals surface area contributed by atoms with Crippen molar-refractivity contribution in [2.24, 2.45) is 0 Å². The highest BCUT2D eigenvalue weighted by Gasteiger charge is 1.90. The number of hydrogen-bond acceptors (Lipinski definition) is 0. The lowest BCUT2D eigenvalue weighted by molar-refractivity contribution is 0.576. The molecule has 0 atom stereocenters. The average Bonchev–Trinajstić information content (AvgIpc) is 2.21. The Labute approximate surface area is 90.8 Å². The van der Waals surface area contributed by atoms with Crippen molar-refractivity contribution in [1.82, 2.24) is 0 Å². The quantitative estimate of drug-likeness (QED) is 0.424. The lowest BCUT2D eigenvalue weighted by Gasteiger charge is -1.99. The summed E-state index contributed by atoms with van der Waals surface area (Å²) in [5.74, 6) is 0. The zero-order valence-corrected chi connectivity index (χ0v) is 9.86. The minimum absolute atomic E-state index is 0.886. The predicted molar refractivity (Wildman–Crippen MR) is 65.0 cm³/mol. The van der Waals surface area contributed by atoms with Crippen molar-refractivity contribution in [3.05, 3.63) is 19.1 Å². The first kappa shape index (κ1) is 13.7. The van der Waals surface area contributed by atoms with Gasteiger partial charge < -0.3 is 0 Å². The minimum atomic E-state index is 0.886. The Hall–Kier alpha value is -0.260. The molecule has 0 heterocycles. The third kappa shape index (κ3) is 11.7. The monoisotopic (exact) mass is 194 g/mol. The van der Waals surface area contributed by atoms with Gasteiger partial charge in [-0.1, -0.05) is 57.9 Å². The lowest BCUT2D eigenvalue weighted by Crippen LogP contribution is -1.80. The van der Waals surface area contributed by atoms with E-state index in [-0.39, 0.29) is 0 Å². The summed E-state index contributed by atoms with van der Waals surface area (Å²) >= 11 is 0. The number of allylic oxidation sites excluding steroid dienone is 2. The van der Waals surface area contributed by atoms with Crippen LogP contribution in [0.3, 0.4) is 0 Å². The molecule has 0 aromatic heterocycles. The molecule has 0 N–H and O–H groups in total. The number of rotatable bonds is 10. The normalized spacial score (nSPS) is 11.3. The third-order valence-electron chi connectivity index (χ3n) is 2.46. The van der Waals surface area contributed by atoms with Gasteiger partial charge in [-0.05, 0) is 32.3 Å². The maximum atomic E-state index is 3.74. The molecule has 0 aliphatic rings. The molecule has 82 valence electrons. The van der Waals surface area contributed by atoms with Gasteiger partial charge in [-0.2, -0.15) is 0 Å². The second-order valence-corrected chi connectivity index (χ2v) is 3.92. The fraction of sp³-hybridized carbons (Fsp3) is 0.786. The molecule has 0 saturated carbocycles. The van der Waals surface area contributed by atoms with Gasteiger partial charge in [0.2, 0.25) is 0 Å². The fourth-order valence-electron chi connectivity index (χ4n) is 1.57. The van der Waals surface area contributed by atoms with E-state index < -0.39 is 0 Å². The molecule has 14 heavy (non-hydrogen) atoms. The first-order valence-electron chi connectivity index (χ1n) is 6.26. The Morgan fingerprint density at radius 1 is 0.929 bits per heavy atom. The first-order chi connectivity index (χ1) is 6.91. The van der Waals surface area contributed by atoms with E-state index in [0.29, 0.717) is 0 Å². The lowest BCUT2D eigenvalue weighted by atomic mass is 10.1. The van der Waals surface area contributed by atoms with E-state index in [1.165, 1.54) is 51.4 Å². The van der Waals surface area contributed by atoms with Crippen LogP contribution in [-0.2, 0) is 0 Å². The zero-order chi connectivity index (χ0) is 10.5. The van der Waals surface area contributed by atoms with Crippen LogP contribution in [0.1, 0.15) is 71.1 Å².